The number of hydrogen-bond donors (Lipinski definition) is 0. The third-order valence-electron chi connectivity index (χ3n) is 6.31. The number of amides is 1. The molecule has 1 amide bonds. The van der Waals surface area contributed by atoms with Gasteiger partial charge in [0.05, 0.1) is 25.2 Å². The fraction of sp³-hybridized carbons (Fsp3) is 0.714. The van der Waals surface area contributed by atoms with Gasteiger partial charge in [0, 0.05) is 37.7 Å². The second kappa shape index (κ2) is 7.95. The predicted octanol–water partition coefficient (Wildman–Crippen LogP) is 3.41. The standard InChI is InChI=1S/C21H31N3O2/c1-23-15-22-19-12-24(21(25)17-9-3-2-4-10-17)11-18(20(19)23)14-26-13-16-7-5-6-8-16/h2-3,15-18H,4-14H2,1H3/t17-,18-/m1/s1. The highest BCUT2D eigenvalue weighted by Crippen LogP contribution is 2.31. The van der Waals surface area contributed by atoms with E-state index in [1.807, 2.05) is 11.2 Å². The highest BCUT2D eigenvalue weighted by Gasteiger charge is 2.34. The lowest BCUT2D eigenvalue weighted by Crippen LogP contribution is -2.43. The SMILES string of the molecule is Cn1cnc2c1[C@@H](COCC1CCCC1)CN(C(=O)[C@@H]1CC=CCC1)C2. The molecule has 26 heavy (non-hydrogen) atoms. The van der Waals surface area contributed by atoms with Gasteiger partial charge in [-0.15, -0.1) is 0 Å². The fourth-order valence-corrected chi connectivity index (χ4v) is 4.86. The Balaban J connectivity index is 1.42. The van der Waals surface area contributed by atoms with E-state index >= 15 is 0 Å². The minimum Gasteiger partial charge on any atom is -0.380 e. The highest BCUT2D eigenvalue weighted by molar-refractivity contribution is 5.79. The molecule has 5 nitrogen and oxygen atoms in total. The first-order valence-electron chi connectivity index (χ1n) is 10.2. The number of allylic oxidation sites excluding steroid dienone is 2. The Labute approximate surface area is 156 Å². The quantitative estimate of drug-likeness (QED) is 0.759. The number of fused-ring (bicyclic) bond motifs is 1. The number of carbonyl (C=O) groups is 1. The summed E-state index contributed by atoms with van der Waals surface area (Å²) in [6, 6.07) is 0. The monoisotopic (exact) mass is 357 g/mol. The van der Waals surface area contributed by atoms with Gasteiger partial charge in [-0.2, -0.15) is 0 Å². The molecule has 0 N–H and O–H groups in total. The van der Waals surface area contributed by atoms with Gasteiger partial charge < -0.3 is 14.2 Å². The summed E-state index contributed by atoms with van der Waals surface area (Å²) in [5.74, 6) is 1.41. The van der Waals surface area contributed by atoms with Crippen LogP contribution in [-0.2, 0) is 23.1 Å². The predicted molar refractivity (Wildman–Crippen MR) is 101 cm³/mol. The van der Waals surface area contributed by atoms with Crippen LogP contribution in [-0.4, -0.2) is 40.1 Å². The molecule has 0 aromatic carbocycles. The van der Waals surface area contributed by atoms with Crippen LogP contribution in [0.2, 0.25) is 0 Å². The van der Waals surface area contributed by atoms with E-state index in [2.05, 4.69) is 28.8 Å². The van der Waals surface area contributed by atoms with Crippen molar-refractivity contribution in [3.05, 3.63) is 29.9 Å². The van der Waals surface area contributed by atoms with E-state index in [0.717, 1.165) is 44.0 Å². The molecule has 0 spiro atoms. The van der Waals surface area contributed by atoms with E-state index in [0.29, 0.717) is 19.1 Å². The molecule has 2 aliphatic carbocycles. The molecule has 142 valence electrons. The number of carbonyl (C=O) groups excluding carboxylic acids is 1. The Kier molecular flexibility index (Phi) is 5.44. The number of hydrogen-bond acceptors (Lipinski definition) is 3. The minimum atomic E-state index is 0.144. The first-order chi connectivity index (χ1) is 12.7. The van der Waals surface area contributed by atoms with Gasteiger partial charge in [-0.25, -0.2) is 4.98 Å². The van der Waals surface area contributed by atoms with Gasteiger partial charge in [0.2, 0.25) is 5.91 Å². The van der Waals surface area contributed by atoms with Crippen molar-refractivity contribution >= 4 is 5.91 Å². The van der Waals surface area contributed by atoms with Gasteiger partial charge >= 0.3 is 0 Å². The van der Waals surface area contributed by atoms with Gasteiger partial charge in [-0.05, 0) is 38.0 Å². The molecule has 2 atom stereocenters. The molecule has 0 saturated heterocycles. The molecule has 0 unspecified atom stereocenters. The fourth-order valence-electron chi connectivity index (χ4n) is 4.86. The molecule has 1 aliphatic heterocycles. The topological polar surface area (TPSA) is 47.4 Å². The maximum Gasteiger partial charge on any atom is 0.226 e. The van der Waals surface area contributed by atoms with Crippen molar-refractivity contribution in [2.45, 2.75) is 57.4 Å². The molecule has 1 saturated carbocycles. The van der Waals surface area contributed by atoms with E-state index in [9.17, 15) is 4.79 Å². The lowest BCUT2D eigenvalue weighted by molar-refractivity contribution is -0.137. The van der Waals surface area contributed by atoms with E-state index < -0.39 is 0 Å². The molecule has 5 heteroatoms. The van der Waals surface area contributed by atoms with Crippen LogP contribution in [0, 0.1) is 11.8 Å². The Bertz CT molecular complexity index is 660. The Morgan fingerprint density at radius 1 is 1.23 bits per heavy atom. The third-order valence-corrected chi connectivity index (χ3v) is 6.31. The van der Waals surface area contributed by atoms with Crippen LogP contribution in [0.15, 0.2) is 18.5 Å². The minimum absolute atomic E-state index is 0.144. The lowest BCUT2D eigenvalue weighted by Gasteiger charge is -2.35. The van der Waals surface area contributed by atoms with Crippen molar-refractivity contribution in [1.82, 2.24) is 14.5 Å². The largest absolute Gasteiger partial charge is 0.380 e. The van der Waals surface area contributed by atoms with Crippen LogP contribution in [0.3, 0.4) is 0 Å². The van der Waals surface area contributed by atoms with Crippen LogP contribution >= 0.6 is 0 Å². The van der Waals surface area contributed by atoms with Crippen LogP contribution in [0.1, 0.15) is 62.3 Å². The number of nitrogens with zero attached hydrogens (tertiary/aromatic N) is 3. The highest BCUT2D eigenvalue weighted by atomic mass is 16.5. The number of aryl methyl sites for hydroxylation is 1. The summed E-state index contributed by atoms with van der Waals surface area (Å²) in [4.78, 5) is 19.6. The summed E-state index contributed by atoms with van der Waals surface area (Å²) in [5.41, 5.74) is 2.30. The van der Waals surface area contributed by atoms with Crippen molar-refractivity contribution in [2.75, 3.05) is 19.8 Å². The number of imidazole rings is 1. The summed E-state index contributed by atoms with van der Waals surface area (Å²) in [6.45, 7) is 2.97. The van der Waals surface area contributed by atoms with Gasteiger partial charge in [-0.3, -0.25) is 4.79 Å². The zero-order valence-electron chi connectivity index (χ0n) is 15.9. The van der Waals surface area contributed by atoms with Crippen molar-refractivity contribution in [3.63, 3.8) is 0 Å². The molecule has 3 aliphatic rings. The molecule has 4 rings (SSSR count). The van der Waals surface area contributed by atoms with Gasteiger partial charge in [0.25, 0.3) is 0 Å². The van der Waals surface area contributed by atoms with E-state index in [-0.39, 0.29) is 11.8 Å². The average molecular weight is 357 g/mol. The van der Waals surface area contributed by atoms with Crippen LogP contribution in [0.5, 0.6) is 0 Å². The summed E-state index contributed by atoms with van der Waals surface area (Å²) < 4.78 is 8.24. The smallest absolute Gasteiger partial charge is 0.226 e. The maximum atomic E-state index is 13.0. The third kappa shape index (κ3) is 3.73. The molecule has 1 aromatic heterocycles. The number of ether oxygens (including phenoxy) is 1. The van der Waals surface area contributed by atoms with Gasteiger partial charge in [0.1, 0.15) is 0 Å². The molecule has 0 bridgehead atoms. The Morgan fingerprint density at radius 3 is 2.85 bits per heavy atom. The zero-order chi connectivity index (χ0) is 17.9. The summed E-state index contributed by atoms with van der Waals surface area (Å²) in [6.07, 6.45) is 14.4. The van der Waals surface area contributed by atoms with E-state index in [4.69, 9.17) is 4.74 Å². The molecular weight excluding hydrogens is 326 g/mol. The van der Waals surface area contributed by atoms with E-state index in [1.54, 1.807) is 0 Å². The first-order valence-corrected chi connectivity index (χ1v) is 10.2. The molecule has 1 fully saturated rings. The van der Waals surface area contributed by atoms with E-state index in [1.165, 1.54) is 31.4 Å². The second-order valence-electron chi connectivity index (χ2n) is 8.27. The molecular formula is C21H31N3O2. The first kappa shape index (κ1) is 17.8. The van der Waals surface area contributed by atoms with Crippen LogP contribution in [0.25, 0.3) is 0 Å². The van der Waals surface area contributed by atoms with Crippen LogP contribution < -0.4 is 0 Å². The van der Waals surface area contributed by atoms with Gasteiger partial charge in [0.15, 0.2) is 0 Å². The number of aromatic nitrogens is 2. The Morgan fingerprint density at radius 2 is 2.08 bits per heavy atom. The normalized spacial score (nSPS) is 26.3. The molecule has 1 aromatic rings. The van der Waals surface area contributed by atoms with Crippen molar-refractivity contribution < 1.29 is 9.53 Å². The summed E-state index contributed by atoms with van der Waals surface area (Å²) in [5, 5.41) is 0. The lowest BCUT2D eigenvalue weighted by atomic mass is 9.91. The molecule has 2 heterocycles. The van der Waals surface area contributed by atoms with Crippen molar-refractivity contribution in [1.29, 1.82) is 0 Å². The van der Waals surface area contributed by atoms with Gasteiger partial charge in [-0.1, -0.05) is 25.0 Å². The summed E-state index contributed by atoms with van der Waals surface area (Å²) >= 11 is 0. The maximum absolute atomic E-state index is 13.0. The zero-order valence-corrected chi connectivity index (χ0v) is 15.9. The number of rotatable bonds is 5. The second-order valence-corrected chi connectivity index (χ2v) is 8.27. The van der Waals surface area contributed by atoms with Crippen molar-refractivity contribution in [3.8, 4) is 0 Å². The van der Waals surface area contributed by atoms with Crippen LogP contribution in [0.4, 0.5) is 0 Å². The average Bonchev–Trinajstić information content (AvgIpc) is 3.32. The molecule has 0 radical (unpaired) electrons. The summed E-state index contributed by atoms with van der Waals surface area (Å²) in [7, 11) is 2.05. The van der Waals surface area contributed by atoms with Crippen molar-refractivity contribution in [2.24, 2.45) is 18.9 Å². The Hall–Kier alpha value is -1.62.